The fourth-order valence-corrected chi connectivity index (χ4v) is 4.10. The van der Waals surface area contributed by atoms with Crippen LogP contribution in [0.4, 0.5) is 11.4 Å². The second-order valence-corrected chi connectivity index (χ2v) is 7.42. The van der Waals surface area contributed by atoms with Crippen LogP contribution in [-0.2, 0) is 14.3 Å². The lowest BCUT2D eigenvalue weighted by atomic mass is 10.0. The maximum Gasteiger partial charge on any atom is 0.253 e. The van der Waals surface area contributed by atoms with Crippen LogP contribution >= 0.6 is 0 Å². The van der Waals surface area contributed by atoms with E-state index in [1.165, 1.54) is 11.1 Å². The molecule has 5 nitrogen and oxygen atoms in total. The molecule has 2 unspecified atom stereocenters. The summed E-state index contributed by atoms with van der Waals surface area (Å²) < 4.78 is 5.50. The van der Waals surface area contributed by atoms with Gasteiger partial charge in [0.05, 0.1) is 0 Å². The minimum absolute atomic E-state index is 0.0855. The summed E-state index contributed by atoms with van der Waals surface area (Å²) in [6.07, 6.45) is 0. The quantitative estimate of drug-likeness (QED) is 0.836. The molecule has 0 N–H and O–H groups in total. The van der Waals surface area contributed by atoms with Gasteiger partial charge >= 0.3 is 0 Å². The van der Waals surface area contributed by atoms with Gasteiger partial charge in [-0.25, -0.2) is 0 Å². The van der Waals surface area contributed by atoms with Gasteiger partial charge in [-0.1, -0.05) is 50.2 Å². The molecule has 2 atom stereocenters. The van der Waals surface area contributed by atoms with Gasteiger partial charge in [-0.3, -0.25) is 9.59 Å². The van der Waals surface area contributed by atoms with E-state index in [0.29, 0.717) is 24.9 Å². The van der Waals surface area contributed by atoms with Crippen LogP contribution in [0.1, 0.15) is 36.8 Å². The van der Waals surface area contributed by atoms with E-state index in [0.717, 1.165) is 11.4 Å². The Labute approximate surface area is 159 Å². The third-order valence-electron chi connectivity index (χ3n) is 5.48. The highest BCUT2D eigenvalue weighted by Crippen LogP contribution is 2.36. The van der Waals surface area contributed by atoms with Crippen LogP contribution in [0, 0.1) is 0 Å². The summed E-state index contributed by atoms with van der Waals surface area (Å²) in [5, 5.41) is 0. The molecule has 2 heterocycles. The number of para-hydroxylation sites is 2. The number of carbonyl (C=O) groups excluding carboxylic acids is 2. The largest absolute Gasteiger partial charge is 0.362 e. The molecule has 4 rings (SSSR count). The van der Waals surface area contributed by atoms with Crippen molar-refractivity contribution in [2.24, 2.45) is 0 Å². The van der Waals surface area contributed by atoms with Gasteiger partial charge in [0.25, 0.3) is 11.8 Å². The van der Waals surface area contributed by atoms with Crippen molar-refractivity contribution in [1.82, 2.24) is 0 Å². The molecule has 0 fully saturated rings. The standard InChI is InChI=1S/C22H24N2O3/c1-15-11-23(19-9-5-3-7-17(15)19)21(25)13-27-14-22(26)24-12-16(2)18-8-4-6-10-20(18)24/h3-10,15-16H,11-14H2,1-2H3. The van der Waals surface area contributed by atoms with E-state index in [1.54, 1.807) is 9.80 Å². The molecule has 2 aromatic rings. The van der Waals surface area contributed by atoms with Gasteiger partial charge in [-0.15, -0.1) is 0 Å². The Kier molecular flexibility index (Phi) is 4.70. The Morgan fingerprint density at radius 3 is 1.67 bits per heavy atom. The second kappa shape index (κ2) is 7.16. The number of rotatable bonds is 4. The zero-order chi connectivity index (χ0) is 19.0. The zero-order valence-corrected chi connectivity index (χ0v) is 15.7. The van der Waals surface area contributed by atoms with Crippen LogP contribution in [0.2, 0.25) is 0 Å². The first-order valence-corrected chi connectivity index (χ1v) is 9.42. The molecule has 0 radical (unpaired) electrons. The predicted molar refractivity (Wildman–Crippen MR) is 105 cm³/mol. The number of hydrogen-bond acceptors (Lipinski definition) is 3. The van der Waals surface area contributed by atoms with Crippen LogP contribution in [0.3, 0.4) is 0 Å². The average Bonchev–Trinajstić information content (AvgIpc) is 3.20. The highest BCUT2D eigenvalue weighted by Gasteiger charge is 2.31. The number of amides is 2. The number of carbonyl (C=O) groups is 2. The molecule has 140 valence electrons. The number of fused-ring (bicyclic) bond motifs is 2. The van der Waals surface area contributed by atoms with Crippen LogP contribution < -0.4 is 9.80 Å². The highest BCUT2D eigenvalue weighted by atomic mass is 16.5. The maximum absolute atomic E-state index is 12.6. The molecule has 2 amide bonds. The SMILES string of the molecule is CC1CN(C(=O)COCC(=O)N2CC(C)c3ccccc32)c2ccccc21. The first-order valence-electron chi connectivity index (χ1n) is 9.42. The van der Waals surface area contributed by atoms with Crippen molar-refractivity contribution in [3.63, 3.8) is 0 Å². The Bertz CT molecular complexity index is 808. The normalized spacial score (nSPS) is 20.5. The van der Waals surface area contributed by atoms with Gasteiger partial charge in [-0.05, 0) is 23.3 Å². The zero-order valence-electron chi connectivity index (χ0n) is 15.7. The van der Waals surface area contributed by atoms with Crippen LogP contribution in [-0.4, -0.2) is 38.1 Å². The van der Waals surface area contributed by atoms with Gasteiger partial charge in [0.1, 0.15) is 13.2 Å². The van der Waals surface area contributed by atoms with Crippen molar-refractivity contribution in [3.8, 4) is 0 Å². The number of ether oxygens (including phenoxy) is 1. The lowest BCUT2D eigenvalue weighted by molar-refractivity contribution is -0.128. The number of hydrogen-bond donors (Lipinski definition) is 0. The molecule has 2 aliphatic heterocycles. The number of benzene rings is 2. The fourth-order valence-electron chi connectivity index (χ4n) is 4.10. The van der Waals surface area contributed by atoms with E-state index in [1.807, 2.05) is 36.4 Å². The van der Waals surface area contributed by atoms with Crippen LogP contribution in [0.15, 0.2) is 48.5 Å². The van der Waals surface area contributed by atoms with E-state index >= 15 is 0 Å². The minimum Gasteiger partial charge on any atom is -0.362 e. The van der Waals surface area contributed by atoms with Crippen molar-refractivity contribution in [2.75, 3.05) is 36.1 Å². The van der Waals surface area contributed by atoms with Gasteiger partial charge in [0.2, 0.25) is 0 Å². The van der Waals surface area contributed by atoms with Gasteiger partial charge < -0.3 is 14.5 Å². The Morgan fingerprint density at radius 2 is 1.22 bits per heavy atom. The van der Waals surface area contributed by atoms with E-state index in [-0.39, 0.29) is 25.0 Å². The Hall–Kier alpha value is -2.66. The summed E-state index contributed by atoms with van der Waals surface area (Å²) in [5.74, 6) is 0.424. The Balaban J connectivity index is 1.34. The summed E-state index contributed by atoms with van der Waals surface area (Å²) in [5.41, 5.74) is 4.27. The van der Waals surface area contributed by atoms with Crippen LogP contribution in [0.5, 0.6) is 0 Å². The van der Waals surface area contributed by atoms with Crippen molar-refractivity contribution >= 4 is 23.2 Å². The summed E-state index contributed by atoms with van der Waals surface area (Å²) in [7, 11) is 0. The van der Waals surface area contributed by atoms with Crippen LogP contribution in [0.25, 0.3) is 0 Å². The molecule has 0 aromatic heterocycles. The van der Waals surface area contributed by atoms with Gasteiger partial charge in [0.15, 0.2) is 0 Å². The number of anilines is 2. The van der Waals surface area contributed by atoms with E-state index in [2.05, 4.69) is 26.0 Å². The Morgan fingerprint density at radius 1 is 0.815 bits per heavy atom. The topological polar surface area (TPSA) is 49.9 Å². The fraction of sp³-hybridized carbons (Fsp3) is 0.364. The lowest BCUT2D eigenvalue weighted by Gasteiger charge is -2.19. The third kappa shape index (κ3) is 3.23. The molecule has 0 spiro atoms. The summed E-state index contributed by atoms with van der Waals surface area (Å²) in [6, 6.07) is 15.9. The first kappa shape index (κ1) is 17.7. The second-order valence-electron chi connectivity index (χ2n) is 7.42. The number of nitrogens with zero attached hydrogens (tertiary/aromatic N) is 2. The minimum atomic E-state index is -0.102. The summed E-state index contributed by atoms with van der Waals surface area (Å²) >= 11 is 0. The van der Waals surface area contributed by atoms with Gasteiger partial charge in [0, 0.05) is 36.3 Å². The summed E-state index contributed by atoms with van der Waals surface area (Å²) in [6.45, 7) is 5.37. The molecular formula is C22H24N2O3. The molecule has 0 saturated heterocycles. The summed E-state index contributed by atoms with van der Waals surface area (Å²) in [4.78, 5) is 28.7. The van der Waals surface area contributed by atoms with Gasteiger partial charge in [-0.2, -0.15) is 0 Å². The maximum atomic E-state index is 12.6. The molecule has 0 bridgehead atoms. The lowest BCUT2D eigenvalue weighted by Crippen LogP contribution is -2.36. The monoisotopic (exact) mass is 364 g/mol. The molecule has 2 aliphatic rings. The van der Waals surface area contributed by atoms with E-state index in [9.17, 15) is 9.59 Å². The molecular weight excluding hydrogens is 340 g/mol. The molecule has 0 aliphatic carbocycles. The average molecular weight is 364 g/mol. The first-order chi connectivity index (χ1) is 13.1. The van der Waals surface area contributed by atoms with Crippen molar-refractivity contribution in [2.45, 2.75) is 25.7 Å². The molecule has 5 heteroatoms. The predicted octanol–water partition coefficient (Wildman–Crippen LogP) is 3.30. The molecule has 0 saturated carbocycles. The smallest absolute Gasteiger partial charge is 0.253 e. The van der Waals surface area contributed by atoms with Crippen molar-refractivity contribution in [1.29, 1.82) is 0 Å². The van der Waals surface area contributed by atoms with Crippen molar-refractivity contribution in [3.05, 3.63) is 59.7 Å². The van der Waals surface area contributed by atoms with E-state index in [4.69, 9.17) is 4.74 Å². The van der Waals surface area contributed by atoms with Crippen molar-refractivity contribution < 1.29 is 14.3 Å². The third-order valence-corrected chi connectivity index (χ3v) is 5.48. The highest BCUT2D eigenvalue weighted by molar-refractivity contribution is 5.98. The van der Waals surface area contributed by atoms with E-state index < -0.39 is 0 Å². The molecule has 2 aromatic carbocycles. The molecule has 27 heavy (non-hydrogen) atoms.